The van der Waals surface area contributed by atoms with Crippen LogP contribution >= 0.6 is 0 Å². The summed E-state index contributed by atoms with van der Waals surface area (Å²) in [6, 6.07) is 7.07. The Morgan fingerprint density at radius 3 is 2.30 bits per heavy atom. The Balaban J connectivity index is 1.98. The minimum Gasteiger partial charge on any atom is -0.394 e. The van der Waals surface area contributed by atoms with E-state index in [1.54, 1.807) is 12.1 Å². The van der Waals surface area contributed by atoms with Crippen molar-refractivity contribution in [1.82, 2.24) is 5.32 Å². The van der Waals surface area contributed by atoms with E-state index in [2.05, 4.69) is 12.2 Å². The molecule has 1 aliphatic carbocycles. The van der Waals surface area contributed by atoms with Crippen LogP contribution in [0.4, 0.5) is 4.39 Å². The van der Waals surface area contributed by atoms with Crippen LogP contribution in [-0.2, 0) is 6.42 Å². The molecular weight excluding hydrogens is 253 g/mol. The monoisotopic (exact) mass is 279 g/mol. The second-order valence-electron chi connectivity index (χ2n) is 6.35. The van der Waals surface area contributed by atoms with Crippen molar-refractivity contribution in [1.29, 1.82) is 0 Å². The van der Waals surface area contributed by atoms with Gasteiger partial charge in [0.15, 0.2) is 0 Å². The molecule has 0 aliphatic heterocycles. The van der Waals surface area contributed by atoms with Gasteiger partial charge in [-0.15, -0.1) is 0 Å². The molecule has 0 heterocycles. The van der Waals surface area contributed by atoms with Crippen LogP contribution in [0.15, 0.2) is 24.3 Å². The van der Waals surface area contributed by atoms with Gasteiger partial charge < -0.3 is 10.4 Å². The third-order valence-electron chi connectivity index (χ3n) is 4.26. The van der Waals surface area contributed by atoms with E-state index in [0.29, 0.717) is 6.04 Å². The highest BCUT2D eigenvalue weighted by molar-refractivity contribution is 5.19. The van der Waals surface area contributed by atoms with Gasteiger partial charge in [-0.05, 0) is 43.9 Å². The third-order valence-corrected chi connectivity index (χ3v) is 4.26. The molecule has 1 aromatic rings. The highest BCUT2D eigenvalue weighted by atomic mass is 19.1. The van der Waals surface area contributed by atoms with Crippen LogP contribution in [0.5, 0.6) is 0 Å². The molecule has 1 unspecified atom stereocenters. The minimum atomic E-state index is -0.327. The first-order valence-corrected chi connectivity index (χ1v) is 7.74. The first kappa shape index (κ1) is 15.5. The first-order chi connectivity index (χ1) is 9.61. The Labute approximate surface area is 121 Å². The fourth-order valence-corrected chi connectivity index (χ4v) is 3.12. The van der Waals surface area contributed by atoms with Gasteiger partial charge in [0.25, 0.3) is 0 Å². The lowest BCUT2D eigenvalue weighted by Crippen LogP contribution is -2.52. The maximum absolute atomic E-state index is 13.0. The summed E-state index contributed by atoms with van der Waals surface area (Å²) >= 11 is 0. The zero-order valence-electron chi connectivity index (χ0n) is 12.4. The van der Waals surface area contributed by atoms with Gasteiger partial charge in [0, 0.05) is 11.6 Å². The molecule has 1 fully saturated rings. The van der Waals surface area contributed by atoms with Crippen LogP contribution in [0.25, 0.3) is 0 Å². The third kappa shape index (κ3) is 4.57. The van der Waals surface area contributed by atoms with Gasteiger partial charge in [-0.1, -0.05) is 37.8 Å². The molecule has 20 heavy (non-hydrogen) atoms. The van der Waals surface area contributed by atoms with Gasteiger partial charge >= 0.3 is 0 Å². The number of aliphatic hydroxyl groups is 1. The van der Waals surface area contributed by atoms with Gasteiger partial charge in [-0.3, -0.25) is 0 Å². The standard InChI is InChI=1S/C17H26FNO/c1-17(13-20,12-14-8-10-15(18)11-9-14)19-16-6-4-2-3-5-7-16/h8-11,16,19-20H,2-7,12-13H2,1H3. The summed E-state index contributed by atoms with van der Waals surface area (Å²) in [5.41, 5.74) is 0.733. The fourth-order valence-electron chi connectivity index (χ4n) is 3.12. The van der Waals surface area contributed by atoms with Crippen LogP contribution < -0.4 is 5.32 Å². The number of hydrogen-bond acceptors (Lipinski definition) is 2. The van der Waals surface area contributed by atoms with Crippen molar-refractivity contribution in [2.45, 2.75) is 63.5 Å². The summed E-state index contributed by atoms with van der Waals surface area (Å²) in [6.45, 7) is 2.15. The maximum Gasteiger partial charge on any atom is 0.123 e. The lowest BCUT2D eigenvalue weighted by atomic mass is 9.91. The first-order valence-electron chi connectivity index (χ1n) is 7.74. The number of hydrogen-bond donors (Lipinski definition) is 2. The Hall–Kier alpha value is -0.930. The number of benzene rings is 1. The van der Waals surface area contributed by atoms with Crippen molar-refractivity contribution >= 4 is 0 Å². The number of aliphatic hydroxyl groups excluding tert-OH is 1. The minimum absolute atomic E-state index is 0.0981. The summed E-state index contributed by atoms with van der Waals surface area (Å²) in [4.78, 5) is 0. The summed E-state index contributed by atoms with van der Waals surface area (Å²) < 4.78 is 13.0. The zero-order valence-corrected chi connectivity index (χ0v) is 12.4. The molecule has 0 bridgehead atoms. The van der Waals surface area contributed by atoms with E-state index in [1.165, 1.54) is 50.7 Å². The van der Waals surface area contributed by atoms with Crippen molar-refractivity contribution < 1.29 is 9.50 Å². The lowest BCUT2D eigenvalue weighted by Gasteiger charge is -2.34. The normalized spacial score (nSPS) is 20.4. The number of rotatable bonds is 5. The number of halogens is 1. The topological polar surface area (TPSA) is 32.3 Å². The molecule has 0 amide bonds. The largest absolute Gasteiger partial charge is 0.394 e. The van der Waals surface area contributed by atoms with E-state index in [-0.39, 0.29) is 18.0 Å². The molecule has 0 saturated heterocycles. The number of nitrogens with one attached hydrogen (secondary N) is 1. The molecule has 112 valence electrons. The molecule has 1 atom stereocenters. The Morgan fingerprint density at radius 1 is 1.15 bits per heavy atom. The lowest BCUT2D eigenvalue weighted by molar-refractivity contribution is 0.156. The van der Waals surface area contributed by atoms with E-state index in [0.717, 1.165) is 12.0 Å². The van der Waals surface area contributed by atoms with Gasteiger partial charge in [0.2, 0.25) is 0 Å². The van der Waals surface area contributed by atoms with Crippen LogP contribution in [-0.4, -0.2) is 23.3 Å². The van der Waals surface area contributed by atoms with Crippen LogP contribution in [0.1, 0.15) is 51.0 Å². The zero-order chi connectivity index (χ0) is 14.4. The van der Waals surface area contributed by atoms with Gasteiger partial charge in [-0.2, -0.15) is 0 Å². The van der Waals surface area contributed by atoms with Crippen LogP contribution in [0.3, 0.4) is 0 Å². The molecule has 2 nitrogen and oxygen atoms in total. The molecule has 2 rings (SSSR count). The molecule has 0 radical (unpaired) electrons. The van der Waals surface area contributed by atoms with Crippen LogP contribution in [0.2, 0.25) is 0 Å². The van der Waals surface area contributed by atoms with Crippen molar-refractivity contribution in [3.8, 4) is 0 Å². The van der Waals surface area contributed by atoms with Crippen molar-refractivity contribution in [2.24, 2.45) is 0 Å². The van der Waals surface area contributed by atoms with E-state index >= 15 is 0 Å². The molecule has 1 aromatic carbocycles. The van der Waals surface area contributed by atoms with Gasteiger partial charge in [0.1, 0.15) is 5.82 Å². The second-order valence-corrected chi connectivity index (χ2v) is 6.35. The van der Waals surface area contributed by atoms with E-state index in [9.17, 15) is 9.50 Å². The van der Waals surface area contributed by atoms with E-state index < -0.39 is 0 Å². The average Bonchev–Trinajstić information content (AvgIpc) is 2.70. The van der Waals surface area contributed by atoms with E-state index in [4.69, 9.17) is 0 Å². The Bertz CT molecular complexity index is 398. The van der Waals surface area contributed by atoms with Crippen LogP contribution in [0, 0.1) is 5.82 Å². The quantitative estimate of drug-likeness (QED) is 0.809. The summed E-state index contributed by atoms with van der Waals surface area (Å²) in [7, 11) is 0. The predicted molar refractivity (Wildman–Crippen MR) is 80.2 cm³/mol. The SMILES string of the molecule is CC(CO)(Cc1ccc(F)cc1)NC1CCCCCC1. The molecular formula is C17H26FNO. The van der Waals surface area contributed by atoms with Crippen molar-refractivity contribution in [3.05, 3.63) is 35.6 Å². The predicted octanol–water partition coefficient (Wildman–Crippen LogP) is 3.43. The van der Waals surface area contributed by atoms with Gasteiger partial charge in [0.05, 0.1) is 6.61 Å². The summed E-state index contributed by atoms with van der Waals surface area (Å²) in [5.74, 6) is -0.212. The van der Waals surface area contributed by atoms with E-state index in [1.807, 2.05) is 0 Å². The maximum atomic E-state index is 13.0. The smallest absolute Gasteiger partial charge is 0.123 e. The second kappa shape index (κ2) is 7.19. The highest BCUT2D eigenvalue weighted by Gasteiger charge is 2.27. The average molecular weight is 279 g/mol. The molecule has 1 aliphatic rings. The highest BCUT2D eigenvalue weighted by Crippen LogP contribution is 2.21. The van der Waals surface area contributed by atoms with Crippen molar-refractivity contribution in [3.63, 3.8) is 0 Å². The molecule has 1 saturated carbocycles. The Kier molecular flexibility index (Phi) is 5.55. The van der Waals surface area contributed by atoms with Crippen molar-refractivity contribution in [2.75, 3.05) is 6.61 Å². The summed E-state index contributed by atoms with van der Waals surface area (Å²) in [6.07, 6.45) is 8.31. The molecule has 0 spiro atoms. The molecule has 2 N–H and O–H groups in total. The Morgan fingerprint density at radius 2 is 1.75 bits per heavy atom. The van der Waals surface area contributed by atoms with Gasteiger partial charge in [-0.25, -0.2) is 4.39 Å². The molecule has 3 heteroatoms. The molecule has 0 aromatic heterocycles. The fraction of sp³-hybridized carbons (Fsp3) is 0.647. The summed E-state index contributed by atoms with van der Waals surface area (Å²) in [5, 5.41) is 13.4.